The third-order valence-corrected chi connectivity index (χ3v) is 0.827. The Morgan fingerprint density at radius 1 is 1.67 bits per heavy atom. The molecule has 0 atom stereocenters. The first kappa shape index (κ1) is 5.54. The second-order valence-electron chi connectivity index (χ2n) is 1.22. The van der Waals surface area contributed by atoms with Gasteiger partial charge in [-0.05, 0) is 13.8 Å². The van der Waals surface area contributed by atoms with E-state index in [1.54, 1.807) is 0 Å². The summed E-state index contributed by atoms with van der Waals surface area (Å²) in [5, 5.41) is 2.98. The van der Waals surface area contributed by atoms with Crippen molar-refractivity contribution < 1.29 is 0 Å². The number of nitrogens with one attached hydrogen (secondary N) is 1. The van der Waals surface area contributed by atoms with Gasteiger partial charge in [0.2, 0.25) is 0 Å². The predicted molar refractivity (Wildman–Crippen MR) is 28.5 cm³/mol. The lowest BCUT2D eigenvalue weighted by Crippen LogP contribution is -1.99. The first-order chi connectivity index (χ1) is 2.81. The molecule has 1 N–H and O–H groups in total. The summed E-state index contributed by atoms with van der Waals surface area (Å²) < 4.78 is 0. The molecule has 6 heavy (non-hydrogen) atoms. The van der Waals surface area contributed by atoms with Gasteiger partial charge in [0.05, 0.1) is 0 Å². The van der Waals surface area contributed by atoms with Crippen LogP contribution in [0.5, 0.6) is 0 Å². The molecule has 0 amide bonds. The fourth-order valence-electron chi connectivity index (χ4n) is 0.144. The highest BCUT2D eigenvalue weighted by atomic mass is 14.8. The van der Waals surface area contributed by atoms with Gasteiger partial charge in [0.15, 0.2) is 0 Å². The number of rotatable bonds is 1. The Labute approximate surface area is 39.1 Å². The quantitative estimate of drug-likeness (QED) is 0.503. The average molecular weight is 85.1 g/mol. The fraction of sp³-hybridized carbons (Fsp3) is 0.600. The summed E-state index contributed by atoms with van der Waals surface area (Å²) in [6.07, 6.45) is 2.03. The maximum absolute atomic E-state index is 2.98. The molecule has 1 heteroatoms. The van der Waals surface area contributed by atoms with Gasteiger partial charge in [0.1, 0.15) is 0 Å². The van der Waals surface area contributed by atoms with Gasteiger partial charge in [-0.1, -0.05) is 6.08 Å². The topological polar surface area (TPSA) is 12.0 Å². The van der Waals surface area contributed by atoms with Gasteiger partial charge >= 0.3 is 0 Å². The van der Waals surface area contributed by atoms with Gasteiger partial charge < -0.3 is 5.32 Å². The summed E-state index contributed by atoms with van der Waals surface area (Å²) in [6, 6.07) is 0. The molecule has 0 saturated heterocycles. The van der Waals surface area contributed by atoms with Crippen LogP contribution in [-0.4, -0.2) is 7.05 Å². The lowest BCUT2D eigenvalue weighted by molar-refractivity contribution is 0.985. The molecule has 0 aromatic rings. The van der Waals surface area contributed by atoms with Crippen LogP contribution in [0.3, 0.4) is 0 Å². The van der Waals surface area contributed by atoms with Crippen molar-refractivity contribution in [3.05, 3.63) is 11.8 Å². The third kappa shape index (κ3) is 1.82. The first-order valence-corrected chi connectivity index (χ1v) is 2.12. The monoisotopic (exact) mass is 85.1 g/mol. The zero-order valence-corrected chi connectivity index (χ0v) is 4.58. The largest absolute Gasteiger partial charge is 0.392 e. The minimum absolute atomic E-state index is 1.22. The summed E-state index contributed by atoms with van der Waals surface area (Å²) in [7, 11) is 1.91. The van der Waals surface area contributed by atoms with Gasteiger partial charge in [-0.3, -0.25) is 0 Å². The molecule has 0 radical (unpaired) electrons. The summed E-state index contributed by atoms with van der Waals surface area (Å²) in [5.74, 6) is 0. The van der Waals surface area contributed by atoms with E-state index < -0.39 is 0 Å². The van der Waals surface area contributed by atoms with Gasteiger partial charge in [-0.25, -0.2) is 0 Å². The van der Waals surface area contributed by atoms with E-state index in [-0.39, 0.29) is 0 Å². The molecular formula is C5H11N. The molecule has 0 heterocycles. The molecule has 36 valence electrons. The second-order valence-corrected chi connectivity index (χ2v) is 1.22. The van der Waals surface area contributed by atoms with E-state index in [1.807, 2.05) is 27.0 Å². The van der Waals surface area contributed by atoms with E-state index in [9.17, 15) is 0 Å². The summed E-state index contributed by atoms with van der Waals surface area (Å²) >= 11 is 0. The van der Waals surface area contributed by atoms with Crippen molar-refractivity contribution in [2.24, 2.45) is 0 Å². The van der Waals surface area contributed by atoms with Crippen LogP contribution in [0, 0.1) is 0 Å². The van der Waals surface area contributed by atoms with Crippen LogP contribution >= 0.6 is 0 Å². The molecule has 0 aliphatic carbocycles. The maximum Gasteiger partial charge on any atom is 0.00300 e. The smallest absolute Gasteiger partial charge is 0.00300 e. The lowest BCUT2D eigenvalue weighted by Gasteiger charge is -1.91. The SMILES string of the molecule is C/C=C(/C)NC. The summed E-state index contributed by atoms with van der Waals surface area (Å²) in [5.41, 5.74) is 1.22. The molecule has 0 saturated carbocycles. The Balaban J connectivity index is 3.22. The van der Waals surface area contributed by atoms with Crippen molar-refractivity contribution in [1.29, 1.82) is 0 Å². The summed E-state index contributed by atoms with van der Waals surface area (Å²) in [4.78, 5) is 0. The Kier molecular flexibility index (Phi) is 2.55. The van der Waals surface area contributed by atoms with E-state index in [4.69, 9.17) is 0 Å². The van der Waals surface area contributed by atoms with E-state index in [2.05, 4.69) is 5.32 Å². The maximum atomic E-state index is 2.98. The van der Waals surface area contributed by atoms with Crippen LogP contribution in [0.15, 0.2) is 11.8 Å². The van der Waals surface area contributed by atoms with Crippen LogP contribution in [0.1, 0.15) is 13.8 Å². The van der Waals surface area contributed by atoms with Crippen LogP contribution in [-0.2, 0) is 0 Å². The van der Waals surface area contributed by atoms with Crippen molar-refractivity contribution in [2.45, 2.75) is 13.8 Å². The number of hydrogen-bond acceptors (Lipinski definition) is 1. The Morgan fingerprint density at radius 3 is 2.17 bits per heavy atom. The van der Waals surface area contributed by atoms with Gasteiger partial charge in [0, 0.05) is 12.7 Å². The molecule has 1 nitrogen and oxygen atoms in total. The zero-order chi connectivity index (χ0) is 4.99. The van der Waals surface area contributed by atoms with Crippen LogP contribution in [0.25, 0.3) is 0 Å². The highest BCUT2D eigenvalue weighted by Crippen LogP contribution is 1.78. The molecule has 0 aromatic carbocycles. The van der Waals surface area contributed by atoms with E-state index in [1.165, 1.54) is 5.70 Å². The van der Waals surface area contributed by atoms with Crippen molar-refractivity contribution in [3.63, 3.8) is 0 Å². The van der Waals surface area contributed by atoms with Crippen LogP contribution < -0.4 is 5.32 Å². The highest BCUT2D eigenvalue weighted by Gasteiger charge is 1.69. The molecule has 0 rings (SSSR count). The van der Waals surface area contributed by atoms with Crippen LogP contribution in [0.4, 0.5) is 0 Å². The van der Waals surface area contributed by atoms with E-state index in [0.717, 1.165) is 0 Å². The number of hydrogen-bond donors (Lipinski definition) is 1. The van der Waals surface area contributed by atoms with Gasteiger partial charge in [-0.15, -0.1) is 0 Å². The van der Waals surface area contributed by atoms with Crippen molar-refractivity contribution in [3.8, 4) is 0 Å². The second kappa shape index (κ2) is 2.76. The first-order valence-electron chi connectivity index (χ1n) is 2.12. The molecule has 0 bridgehead atoms. The standard InChI is InChI=1S/C5H11N/c1-4-5(2)6-3/h4,6H,1-3H3/b5-4-. The summed E-state index contributed by atoms with van der Waals surface area (Å²) in [6.45, 7) is 4.03. The molecular weight excluding hydrogens is 74.1 g/mol. The molecule has 0 aliphatic heterocycles. The Bertz CT molecular complexity index is 55.0. The minimum atomic E-state index is 1.22. The molecule has 0 fully saturated rings. The third-order valence-electron chi connectivity index (χ3n) is 0.827. The number of allylic oxidation sites excluding steroid dienone is 2. The predicted octanol–water partition coefficient (Wildman–Crippen LogP) is 1.13. The zero-order valence-electron chi connectivity index (χ0n) is 4.58. The van der Waals surface area contributed by atoms with E-state index in [0.29, 0.717) is 0 Å². The normalized spacial score (nSPS) is 11.5. The Hall–Kier alpha value is -0.460. The molecule has 0 spiro atoms. The highest BCUT2D eigenvalue weighted by molar-refractivity contribution is 4.90. The Morgan fingerprint density at radius 2 is 2.17 bits per heavy atom. The van der Waals surface area contributed by atoms with Crippen molar-refractivity contribution in [1.82, 2.24) is 5.32 Å². The van der Waals surface area contributed by atoms with Crippen molar-refractivity contribution >= 4 is 0 Å². The fourth-order valence-corrected chi connectivity index (χ4v) is 0.144. The van der Waals surface area contributed by atoms with Crippen LogP contribution in [0.2, 0.25) is 0 Å². The molecule has 0 aromatic heterocycles. The van der Waals surface area contributed by atoms with Crippen molar-refractivity contribution in [2.75, 3.05) is 7.05 Å². The van der Waals surface area contributed by atoms with Gasteiger partial charge in [0.25, 0.3) is 0 Å². The van der Waals surface area contributed by atoms with Gasteiger partial charge in [-0.2, -0.15) is 0 Å². The minimum Gasteiger partial charge on any atom is -0.392 e. The average Bonchev–Trinajstić information content (AvgIpc) is 1.65. The molecule has 0 aliphatic rings. The lowest BCUT2D eigenvalue weighted by atomic mass is 10.5. The van der Waals surface area contributed by atoms with E-state index >= 15 is 0 Å². The molecule has 0 unspecified atom stereocenters.